The second-order valence-electron chi connectivity index (χ2n) is 22.9. The second-order valence-corrected chi connectivity index (χ2v) is 24.1. The van der Waals surface area contributed by atoms with E-state index in [0.29, 0.717) is 73.3 Å². The van der Waals surface area contributed by atoms with E-state index in [9.17, 15) is 57.8 Å². The zero-order chi connectivity index (χ0) is 62.4. The molecule has 476 valence electrons. The van der Waals surface area contributed by atoms with Gasteiger partial charge in [-0.1, -0.05) is 39.2 Å². The Morgan fingerprint density at radius 3 is 1.32 bits per heavy atom. The molecule has 3 aliphatic carbocycles. The third-order valence-electron chi connectivity index (χ3n) is 15.4. The van der Waals surface area contributed by atoms with Gasteiger partial charge in [-0.05, 0) is 181 Å². The molecule has 3 saturated carbocycles. The van der Waals surface area contributed by atoms with Crippen LogP contribution in [0.25, 0.3) is 0 Å². The van der Waals surface area contributed by atoms with Crippen LogP contribution < -0.4 is 54.4 Å². The van der Waals surface area contributed by atoms with Gasteiger partial charge in [-0.3, -0.25) is 52.7 Å². The van der Waals surface area contributed by atoms with Crippen LogP contribution >= 0.6 is 22.6 Å². The van der Waals surface area contributed by atoms with Gasteiger partial charge in [-0.25, -0.2) is 0 Å². The Labute approximate surface area is 512 Å². The highest BCUT2D eigenvalue weighted by Crippen LogP contribution is 2.25. The summed E-state index contributed by atoms with van der Waals surface area (Å²) < 4.78 is 17.6. The van der Waals surface area contributed by atoms with E-state index < -0.39 is 132 Å². The maximum absolute atomic E-state index is 14.6. The highest BCUT2D eigenvalue weighted by molar-refractivity contribution is 14.1. The molecular formula is C59H93IN10O15. The first-order chi connectivity index (χ1) is 40.6. The standard InChI is InChI=1S/C59H93IN10O15/c1-35(2)52(70-56(79)44(26-28-49(73)83-38-17-7-4-8-18-38)67-57(80)46(64-36(3)71)33-50(74)84-39-19-9-5-10-20-39)59(82)69-47(34-51(75)85-40-21-11-6-12-22-40)58(81)66-42(23-13-15-29-61)54(77)65-43(24-14-16-30-62)55(78)68-45(53(63)76)32-37-25-27-48(72)41(60)31-37/h25,27,31,35,38-40,42-47,52,72H,4-24,26,28-30,32-34,61-62H2,1-3H3,(H2,63,76)(H,64,71)(H,65,77)(H,66,81)(H,67,80)(H,68,78)(H,69,82)(H,70,79)/t42-,43-,44-,45-,46-,47-,52-/m0/s1. The lowest BCUT2D eigenvalue weighted by Crippen LogP contribution is -2.61. The molecule has 0 heterocycles. The Bertz CT molecular complexity index is 2400. The number of carbonyl (C=O) groups excluding carboxylic acids is 11. The predicted molar refractivity (Wildman–Crippen MR) is 321 cm³/mol. The van der Waals surface area contributed by atoms with Gasteiger partial charge >= 0.3 is 17.9 Å². The van der Waals surface area contributed by atoms with Gasteiger partial charge in [0, 0.05) is 19.8 Å². The van der Waals surface area contributed by atoms with Crippen LogP contribution in [-0.2, 0) is 73.4 Å². The Morgan fingerprint density at radius 1 is 0.518 bits per heavy atom. The van der Waals surface area contributed by atoms with Crippen molar-refractivity contribution in [3.05, 3.63) is 27.3 Å². The number of benzene rings is 1. The fourth-order valence-electron chi connectivity index (χ4n) is 10.6. The summed E-state index contributed by atoms with van der Waals surface area (Å²) in [6.07, 6.45) is 10.4. The van der Waals surface area contributed by atoms with Gasteiger partial charge in [0.05, 0.1) is 16.4 Å². The summed E-state index contributed by atoms with van der Waals surface area (Å²) in [5.41, 5.74) is 17.9. The van der Waals surface area contributed by atoms with Gasteiger partial charge < -0.3 is 73.7 Å². The zero-order valence-corrected chi connectivity index (χ0v) is 51.8. The molecule has 0 unspecified atom stereocenters. The minimum Gasteiger partial charge on any atom is -0.507 e. The minimum atomic E-state index is -1.72. The number of ether oxygens (including phenoxy) is 3. The lowest BCUT2D eigenvalue weighted by atomic mass is 9.97. The molecule has 85 heavy (non-hydrogen) atoms. The van der Waals surface area contributed by atoms with Crippen LogP contribution in [0.5, 0.6) is 5.75 Å². The first-order valence-corrected chi connectivity index (χ1v) is 31.5. The van der Waals surface area contributed by atoms with E-state index in [0.717, 1.165) is 64.7 Å². The van der Waals surface area contributed by atoms with E-state index in [1.807, 2.05) is 22.6 Å². The molecule has 25 nitrogen and oxygen atoms in total. The van der Waals surface area contributed by atoms with Crippen molar-refractivity contribution in [1.29, 1.82) is 0 Å². The van der Waals surface area contributed by atoms with Gasteiger partial charge in [0.2, 0.25) is 47.3 Å². The summed E-state index contributed by atoms with van der Waals surface area (Å²) in [5, 5.41) is 28.3. The second kappa shape index (κ2) is 38.1. The molecule has 0 saturated heterocycles. The Morgan fingerprint density at radius 2 is 0.906 bits per heavy atom. The molecule has 0 bridgehead atoms. The van der Waals surface area contributed by atoms with Crippen LogP contribution in [0, 0.1) is 9.49 Å². The largest absolute Gasteiger partial charge is 0.507 e. The molecule has 0 aromatic heterocycles. The van der Waals surface area contributed by atoms with E-state index in [1.54, 1.807) is 26.0 Å². The molecule has 0 radical (unpaired) electrons. The Balaban J connectivity index is 1.61. The van der Waals surface area contributed by atoms with Gasteiger partial charge in [-0.15, -0.1) is 0 Å². The summed E-state index contributed by atoms with van der Waals surface area (Å²) in [5.74, 6) is -9.84. The van der Waals surface area contributed by atoms with Crippen molar-refractivity contribution >= 4 is 87.8 Å². The average molecular weight is 1310 g/mol. The molecule has 8 amide bonds. The number of carbonyl (C=O) groups is 11. The molecule has 0 aliphatic heterocycles. The highest BCUT2D eigenvalue weighted by Gasteiger charge is 2.37. The maximum Gasteiger partial charge on any atom is 0.308 e. The van der Waals surface area contributed by atoms with Crippen molar-refractivity contribution in [1.82, 2.24) is 37.2 Å². The monoisotopic (exact) mass is 1310 g/mol. The summed E-state index contributed by atoms with van der Waals surface area (Å²) >= 11 is 1.92. The molecule has 1 aromatic rings. The van der Waals surface area contributed by atoms with E-state index in [2.05, 4.69) is 37.2 Å². The number of esters is 3. The summed E-state index contributed by atoms with van der Waals surface area (Å²) in [4.78, 5) is 151. The summed E-state index contributed by atoms with van der Waals surface area (Å²) in [6, 6.07) is -5.45. The molecule has 14 N–H and O–H groups in total. The fraction of sp³-hybridized carbons (Fsp3) is 0.712. The van der Waals surface area contributed by atoms with Crippen LogP contribution in [0.2, 0.25) is 0 Å². The number of halogens is 1. The maximum atomic E-state index is 14.6. The number of unbranched alkanes of at least 4 members (excludes halogenated alkanes) is 2. The van der Waals surface area contributed by atoms with Gasteiger partial charge in [-0.2, -0.15) is 0 Å². The molecule has 1 aromatic carbocycles. The van der Waals surface area contributed by atoms with Crippen molar-refractivity contribution in [2.45, 2.75) is 248 Å². The van der Waals surface area contributed by atoms with E-state index >= 15 is 0 Å². The number of hydrogen-bond donors (Lipinski definition) is 11. The smallest absolute Gasteiger partial charge is 0.308 e. The summed E-state index contributed by atoms with van der Waals surface area (Å²) in [6.45, 7) is 4.84. The van der Waals surface area contributed by atoms with Crippen LogP contribution in [0.3, 0.4) is 0 Å². The molecule has 3 fully saturated rings. The van der Waals surface area contributed by atoms with Crippen molar-refractivity contribution in [2.24, 2.45) is 23.1 Å². The molecule has 3 aliphatic rings. The minimum absolute atomic E-state index is 0.0149. The third-order valence-corrected chi connectivity index (χ3v) is 16.3. The van der Waals surface area contributed by atoms with Crippen molar-refractivity contribution in [3.8, 4) is 5.75 Å². The number of phenolic OH excluding ortho intramolecular Hbond substituents is 1. The number of nitrogens with one attached hydrogen (secondary N) is 7. The number of aromatic hydroxyl groups is 1. The highest BCUT2D eigenvalue weighted by atomic mass is 127. The molecule has 0 spiro atoms. The molecule has 4 rings (SSSR count). The number of phenols is 1. The number of rotatable bonds is 35. The van der Waals surface area contributed by atoms with Crippen molar-refractivity contribution in [2.75, 3.05) is 13.1 Å². The predicted octanol–water partition coefficient (Wildman–Crippen LogP) is 2.54. The molecular weight excluding hydrogens is 1220 g/mol. The third kappa shape index (κ3) is 26.6. The van der Waals surface area contributed by atoms with Crippen molar-refractivity contribution < 1.29 is 72.1 Å². The van der Waals surface area contributed by atoms with E-state index in [1.165, 1.54) is 6.07 Å². The van der Waals surface area contributed by atoms with Crippen LogP contribution in [0.15, 0.2) is 18.2 Å². The van der Waals surface area contributed by atoms with Crippen molar-refractivity contribution in [3.63, 3.8) is 0 Å². The van der Waals surface area contributed by atoms with Gasteiger partial charge in [0.1, 0.15) is 66.4 Å². The average Bonchev–Trinajstić information content (AvgIpc) is 3.65. The van der Waals surface area contributed by atoms with E-state index in [4.69, 9.17) is 31.4 Å². The fourth-order valence-corrected chi connectivity index (χ4v) is 11.2. The van der Waals surface area contributed by atoms with Crippen LogP contribution in [0.1, 0.15) is 187 Å². The Kier molecular flexibility index (Phi) is 32.0. The quantitative estimate of drug-likeness (QED) is 0.0201. The van der Waals surface area contributed by atoms with Gasteiger partial charge in [0.15, 0.2) is 0 Å². The lowest BCUT2D eigenvalue weighted by Gasteiger charge is -2.29. The lowest BCUT2D eigenvalue weighted by molar-refractivity contribution is -0.153. The summed E-state index contributed by atoms with van der Waals surface area (Å²) in [7, 11) is 0. The Hall–Kier alpha value is -6.16. The van der Waals surface area contributed by atoms with Crippen LogP contribution in [-0.4, -0.2) is 144 Å². The first-order valence-electron chi connectivity index (χ1n) is 30.4. The molecule has 7 atom stereocenters. The number of hydrogen-bond acceptors (Lipinski definition) is 17. The normalized spacial score (nSPS) is 17.4. The molecule has 26 heteroatoms. The topological polar surface area (TPSA) is 398 Å². The zero-order valence-electron chi connectivity index (χ0n) is 49.7. The number of amides is 8. The van der Waals surface area contributed by atoms with Crippen LogP contribution in [0.4, 0.5) is 0 Å². The number of primary amides is 1. The first kappa shape index (κ1) is 71.3. The van der Waals surface area contributed by atoms with Gasteiger partial charge in [0.25, 0.3) is 0 Å². The van der Waals surface area contributed by atoms with E-state index in [-0.39, 0.29) is 63.2 Å². The SMILES string of the molecule is CC(=O)N[C@@H](CC(=O)OC1CCCCC1)C(=O)N[C@@H](CCC(=O)OC1CCCCC1)C(=O)N[C@H](C(=O)N[C@@H](CC(=O)OC1CCCCC1)C(=O)N[C@@H](CCCCN)C(=O)N[C@@H](CCCCN)C(=O)N[C@@H](Cc1ccc(O)c(I)c1)C(N)=O)C(C)C. The number of nitrogens with two attached hydrogens (primary N) is 3.